The number of para-hydroxylation sites is 2. The molecule has 5 nitrogen and oxygen atoms in total. The van der Waals surface area contributed by atoms with Gasteiger partial charge in [-0.25, -0.2) is 4.98 Å². The van der Waals surface area contributed by atoms with Crippen molar-refractivity contribution in [3.05, 3.63) is 78.8 Å². The number of hydrogen-bond donors (Lipinski definition) is 1. The van der Waals surface area contributed by atoms with Gasteiger partial charge in [-0.2, -0.15) is 0 Å². The van der Waals surface area contributed by atoms with Gasteiger partial charge in [0, 0.05) is 59.1 Å². The van der Waals surface area contributed by atoms with E-state index in [9.17, 15) is 0 Å². The molecule has 30 heavy (non-hydrogen) atoms. The smallest absolute Gasteiger partial charge is 0.150 e. The third kappa shape index (κ3) is 2.29. The number of benzene rings is 2. The molecule has 0 aliphatic heterocycles. The van der Waals surface area contributed by atoms with Gasteiger partial charge in [0.15, 0.2) is 5.82 Å². The van der Waals surface area contributed by atoms with Gasteiger partial charge in [0.05, 0.1) is 23.3 Å². The van der Waals surface area contributed by atoms with Gasteiger partial charge in [0.25, 0.3) is 0 Å². The molecule has 4 aromatic heterocycles. The van der Waals surface area contributed by atoms with E-state index in [0.29, 0.717) is 6.54 Å². The van der Waals surface area contributed by atoms with Crippen molar-refractivity contribution in [1.82, 2.24) is 19.1 Å². The van der Waals surface area contributed by atoms with Crippen LogP contribution in [0.25, 0.3) is 43.6 Å². The van der Waals surface area contributed by atoms with Gasteiger partial charge in [-0.15, -0.1) is 0 Å². The number of anilines is 1. The molecule has 4 heterocycles. The second-order valence-corrected chi connectivity index (χ2v) is 7.72. The first-order chi connectivity index (χ1) is 14.7. The van der Waals surface area contributed by atoms with Gasteiger partial charge in [-0.05, 0) is 24.3 Å². The van der Waals surface area contributed by atoms with E-state index in [1.165, 1.54) is 32.6 Å². The first kappa shape index (κ1) is 17.0. The first-order valence-electron chi connectivity index (χ1n) is 10.1. The SMILES string of the molecule is Cn1c2ccccc2c2ccnc(CNc3nccc4c5ccccc5n(C)c34)c21. The van der Waals surface area contributed by atoms with Crippen LogP contribution in [0, 0.1) is 0 Å². The van der Waals surface area contributed by atoms with E-state index in [-0.39, 0.29) is 0 Å². The molecule has 2 aromatic carbocycles. The largest absolute Gasteiger partial charge is 0.363 e. The zero-order valence-electron chi connectivity index (χ0n) is 16.9. The molecule has 0 bridgehead atoms. The van der Waals surface area contributed by atoms with Crippen molar-refractivity contribution >= 4 is 49.4 Å². The second kappa shape index (κ2) is 6.32. The Morgan fingerprint density at radius 2 is 1.23 bits per heavy atom. The van der Waals surface area contributed by atoms with Gasteiger partial charge in [-0.1, -0.05) is 36.4 Å². The molecule has 0 unspecified atom stereocenters. The van der Waals surface area contributed by atoms with E-state index in [1.54, 1.807) is 0 Å². The maximum atomic E-state index is 4.71. The first-order valence-corrected chi connectivity index (χ1v) is 10.1. The fourth-order valence-electron chi connectivity index (χ4n) is 4.75. The average Bonchev–Trinajstić information content (AvgIpc) is 3.26. The van der Waals surface area contributed by atoms with Crippen molar-refractivity contribution < 1.29 is 0 Å². The third-order valence-corrected chi connectivity index (χ3v) is 6.13. The molecule has 0 saturated carbocycles. The van der Waals surface area contributed by atoms with Crippen LogP contribution in [0.4, 0.5) is 5.82 Å². The van der Waals surface area contributed by atoms with Crippen LogP contribution in [0.5, 0.6) is 0 Å². The fraction of sp³-hybridized carbons (Fsp3) is 0.120. The van der Waals surface area contributed by atoms with E-state index < -0.39 is 0 Å². The highest BCUT2D eigenvalue weighted by Gasteiger charge is 2.15. The van der Waals surface area contributed by atoms with Gasteiger partial charge < -0.3 is 14.5 Å². The monoisotopic (exact) mass is 391 g/mol. The summed E-state index contributed by atoms with van der Waals surface area (Å²) in [6.07, 6.45) is 3.78. The Hall–Kier alpha value is -3.86. The van der Waals surface area contributed by atoms with Crippen molar-refractivity contribution in [3.8, 4) is 0 Å². The van der Waals surface area contributed by atoms with Gasteiger partial charge >= 0.3 is 0 Å². The highest BCUT2D eigenvalue weighted by Crippen LogP contribution is 2.33. The second-order valence-electron chi connectivity index (χ2n) is 7.72. The van der Waals surface area contributed by atoms with E-state index in [1.807, 2.05) is 12.4 Å². The van der Waals surface area contributed by atoms with Crippen molar-refractivity contribution in [2.75, 3.05) is 5.32 Å². The molecule has 1 N–H and O–H groups in total. The number of aryl methyl sites for hydroxylation is 2. The topological polar surface area (TPSA) is 47.7 Å². The Kier molecular flexibility index (Phi) is 3.59. The Balaban J connectivity index is 1.48. The van der Waals surface area contributed by atoms with Crippen LogP contribution in [0.15, 0.2) is 73.1 Å². The summed E-state index contributed by atoms with van der Waals surface area (Å²) in [6, 6.07) is 21.2. The lowest BCUT2D eigenvalue weighted by atomic mass is 10.1. The van der Waals surface area contributed by atoms with Crippen LogP contribution >= 0.6 is 0 Å². The van der Waals surface area contributed by atoms with Crippen LogP contribution in [0.1, 0.15) is 5.69 Å². The molecule has 6 aromatic rings. The molecule has 0 spiro atoms. The minimum atomic E-state index is 0.606. The van der Waals surface area contributed by atoms with Crippen molar-refractivity contribution in [3.63, 3.8) is 0 Å². The number of nitrogens with one attached hydrogen (secondary N) is 1. The number of hydrogen-bond acceptors (Lipinski definition) is 3. The maximum Gasteiger partial charge on any atom is 0.150 e. The van der Waals surface area contributed by atoms with Crippen LogP contribution < -0.4 is 5.32 Å². The van der Waals surface area contributed by atoms with Crippen molar-refractivity contribution in [2.45, 2.75) is 6.54 Å². The normalized spacial score (nSPS) is 11.8. The lowest BCUT2D eigenvalue weighted by Crippen LogP contribution is -2.06. The molecule has 0 radical (unpaired) electrons. The van der Waals surface area contributed by atoms with E-state index in [0.717, 1.165) is 22.5 Å². The molecule has 0 fully saturated rings. The molecular formula is C25H21N5. The summed E-state index contributed by atoms with van der Waals surface area (Å²) >= 11 is 0. The Morgan fingerprint density at radius 1 is 0.667 bits per heavy atom. The minimum Gasteiger partial charge on any atom is -0.363 e. The molecule has 146 valence electrons. The standard InChI is InChI=1S/C25H21N5/c1-29-21-9-5-3-7-16(21)18-11-13-26-20(23(18)29)15-28-25-24-19(12-14-27-25)17-8-4-6-10-22(17)30(24)2/h3-14H,15H2,1-2H3,(H,27,28). The van der Waals surface area contributed by atoms with Gasteiger partial charge in [-0.3, -0.25) is 4.98 Å². The Labute approximate surface area is 173 Å². The van der Waals surface area contributed by atoms with Gasteiger partial charge in [0.1, 0.15) is 0 Å². The molecule has 0 amide bonds. The number of fused-ring (bicyclic) bond motifs is 6. The number of pyridine rings is 2. The summed E-state index contributed by atoms with van der Waals surface area (Å²) in [5, 5.41) is 8.51. The molecule has 0 saturated heterocycles. The summed E-state index contributed by atoms with van der Waals surface area (Å²) in [6.45, 7) is 0.606. The zero-order chi connectivity index (χ0) is 20.2. The van der Waals surface area contributed by atoms with Crippen LogP contribution in [0.3, 0.4) is 0 Å². The fourth-order valence-corrected chi connectivity index (χ4v) is 4.75. The van der Waals surface area contributed by atoms with Crippen molar-refractivity contribution in [1.29, 1.82) is 0 Å². The zero-order valence-corrected chi connectivity index (χ0v) is 16.9. The Morgan fingerprint density at radius 3 is 1.93 bits per heavy atom. The van der Waals surface area contributed by atoms with Crippen LogP contribution in [-0.4, -0.2) is 19.1 Å². The average molecular weight is 391 g/mol. The van der Waals surface area contributed by atoms with Crippen LogP contribution in [-0.2, 0) is 20.6 Å². The quantitative estimate of drug-likeness (QED) is 0.441. The van der Waals surface area contributed by atoms with Crippen molar-refractivity contribution in [2.24, 2.45) is 14.1 Å². The van der Waals surface area contributed by atoms with Gasteiger partial charge in [0.2, 0.25) is 0 Å². The summed E-state index contributed by atoms with van der Waals surface area (Å²) in [5.74, 6) is 0.878. The molecular weight excluding hydrogens is 370 g/mol. The van der Waals surface area contributed by atoms with E-state index in [2.05, 4.69) is 94.2 Å². The summed E-state index contributed by atoms with van der Waals surface area (Å²) in [4.78, 5) is 9.36. The third-order valence-electron chi connectivity index (χ3n) is 6.13. The molecule has 6 rings (SSSR count). The lowest BCUT2D eigenvalue weighted by molar-refractivity contribution is 0.964. The summed E-state index contributed by atoms with van der Waals surface area (Å²) < 4.78 is 4.45. The Bertz CT molecular complexity index is 1450. The number of nitrogens with zero attached hydrogens (tertiary/aromatic N) is 4. The van der Waals surface area contributed by atoms with E-state index >= 15 is 0 Å². The highest BCUT2D eigenvalue weighted by atomic mass is 15.1. The molecule has 0 aliphatic rings. The highest BCUT2D eigenvalue weighted by molar-refractivity contribution is 6.11. The molecule has 0 atom stereocenters. The van der Waals surface area contributed by atoms with Crippen LogP contribution in [0.2, 0.25) is 0 Å². The van der Waals surface area contributed by atoms with E-state index in [4.69, 9.17) is 4.98 Å². The predicted octanol–water partition coefficient (Wildman–Crippen LogP) is 5.38. The number of aromatic nitrogens is 4. The molecule has 5 heteroatoms. The molecule has 0 aliphatic carbocycles. The minimum absolute atomic E-state index is 0.606. The number of rotatable bonds is 3. The predicted molar refractivity (Wildman–Crippen MR) is 124 cm³/mol. The lowest BCUT2D eigenvalue weighted by Gasteiger charge is -2.10. The summed E-state index contributed by atoms with van der Waals surface area (Å²) in [5.41, 5.74) is 5.72. The summed E-state index contributed by atoms with van der Waals surface area (Å²) in [7, 11) is 4.21. The maximum absolute atomic E-state index is 4.71.